The molecule has 0 spiro atoms. The molecule has 3 rings (SSSR count). The van der Waals surface area contributed by atoms with Crippen LogP contribution in [0.3, 0.4) is 0 Å². The van der Waals surface area contributed by atoms with Crippen molar-refractivity contribution in [2.24, 2.45) is 0 Å². The summed E-state index contributed by atoms with van der Waals surface area (Å²) in [5.41, 5.74) is 1.29. The van der Waals surface area contributed by atoms with Gasteiger partial charge in [0, 0.05) is 6.07 Å². The number of carbonyl (C=O) groups excluding carboxylic acids is 1. The molecule has 7 nitrogen and oxygen atoms in total. The molecule has 0 radical (unpaired) electrons. The molecule has 0 unspecified atom stereocenters. The Balaban J connectivity index is 1.84. The van der Waals surface area contributed by atoms with Gasteiger partial charge in [0.1, 0.15) is 19.3 Å². The molecule has 1 aliphatic heterocycles. The number of nitrogens with zero attached hydrogens (tertiary/aromatic N) is 1. The monoisotopic (exact) mass is 404 g/mol. The summed E-state index contributed by atoms with van der Waals surface area (Å²) in [6, 6.07) is 13.1. The van der Waals surface area contributed by atoms with Crippen molar-refractivity contribution in [2.45, 2.75) is 25.9 Å². The summed E-state index contributed by atoms with van der Waals surface area (Å²) < 4.78 is 37.1. The van der Waals surface area contributed by atoms with Gasteiger partial charge in [0.15, 0.2) is 11.5 Å². The Labute approximate surface area is 165 Å². The van der Waals surface area contributed by atoms with Crippen LogP contribution in [0.4, 0.5) is 5.69 Å². The first-order valence-corrected chi connectivity index (χ1v) is 10.9. The summed E-state index contributed by atoms with van der Waals surface area (Å²) in [5.74, 6) is 0.623. The van der Waals surface area contributed by atoms with Crippen molar-refractivity contribution in [1.29, 1.82) is 0 Å². The molecule has 0 saturated carbocycles. The first kappa shape index (κ1) is 20.0. The number of hydrogen-bond acceptors (Lipinski definition) is 5. The van der Waals surface area contributed by atoms with Crippen molar-refractivity contribution in [3.8, 4) is 11.5 Å². The minimum atomic E-state index is -3.71. The largest absolute Gasteiger partial charge is 0.486 e. The molecular weight excluding hydrogens is 380 g/mol. The topological polar surface area (TPSA) is 84.9 Å². The van der Waals surface area contributed by atoms with Crippen LogP contribution >= 0.6 is 0 Å². The lowest BCUT2D eigenvalue weighted by Gasteiger charge is -2.30. The average molecular weight is 404 g/mol. The summed E-state index contributed by atoms with van der Waals surface area (Å²) in [7, 11) is -3.71. The number of ether oxygens (including phenoxy) is 2. The van der Waals surface area contributed by atoms with Crippen LogP contribution in [0.1, 0.15) is 25.5 Å². The molecule has 0 bridgehead atoms. The fourth-order valence-corrected chi connectivity index (χ4v) is 4.30. The summed E-state index contributed by atoms with van der Waals surface area (Å²) >= 11 is 0. The molecule has 0 fully saturated rings. The SMILES string of the molecule is C[C@H](NC(=O)[C@@H](C)N(c1ccc2c(c1)OCCO2)S(C)(=O)=O)c1ccccc1. The van der Waals surface area contributed by atoms with Gasteiger partial charge in [-0.2, -0.15) is 0 Å². The molecule has 0 aliphatic carbocycles. The van der Waals surface area contributed by atoms with E-state index in [1.165, 1.54) is 0 Å². The molecule has 1 aliphatic rings. The molecule has 1 N–H and O–H groups in total. The van der Waals surface area contributed by atoms with E-state index in [9.17, 15) is 13.2 Å². The highest BCUT2D eigenvalue weighted by molar-refractivity contribution is 7.92. The van der Waals surface area contributed by atoms with Crippen LogP contribution in [0.15, 0.2) is 48.5 Å². The normalized spacial score (nSPS) is 15.4. The summed E-state index contributed by atoms with van der Waals surface area (Å²) in [6.07, 6.45) is 1.08. The van der Waals surface area contributed by atoms with E-state index in [1.807, 2.05) is 37.3 Å². The zero-order valence-electron chi connectivity index (χ0n) is 16.1. The van der Waals surface area contributed by atoms with Crippen LogP contribution in [0, 0.1) is 0 Å². The molecular formula is C20H24N2O5S. The zero-order chi connectivity index (χ0) is 20.3. The van der Waals surface area contributed by atoms with Gasteiger partial charge in [-0.3, -0.25) is 9.10 Å². The maximum Gasteiger partial charge on any atom is 0.244 e. The van der Waals surface area contributed by atoms with E-state index in [4.69, 9.17) is 9.47 Å². The van der Waals surface area contributed by atoms with Gasteiger partial charge in [-0.05, 0) is 31.5 Å². The van der Waals surface area contributed by atoms with Crippen molar-refractivity contribution in [3.05, 3.63) is 54.1 Å². The third-order valence-corrected chi connectivity index (χ3v) is 5.77. The van der Waals surface area contributed by atoms with Gasteiger partial charge in [0.2, 0.25) is 15.9 Å². The first-order chi connectivity index (χ1) is 13.3. The summed E-state index contributed by atoms with van der Waals surface area (Å²) in [6.45, 7) is 4.25. The number of anilines is 1. The second-order valence-electron chi connectivity index (χ2n) is 6.70. The van der Waals surface area contributed by atoms with Crippen molar-refractivity contribution in [2.75, 3.05) is 23.8 Å². The van der Waals surface area contributed by atoms with Crippen LogP contribution in [0.5, 0.6) is 11.5 Å². The maximum atomic E-state index is 12.8. The molecule has 2 aromatic carbocycles. The van der Waals surface area contributed by atoms with Crippen LogP contribution < -0.4 is 19.1 Å². The highest BCUT2D eigenvalue weighted by Crippen LogP contribution is 2.35. The molecule has 2 aromatic rings. The predicted octanol–water partition coefficient (Wildman–Crippen LogP) is 2.49. The second-order valence-corrected chi connectivity index (χ2v) is 8.56. The number of hydrogen-bond donors (Lipinski definition) is 1. The average Bonchev–Trinajstić information content (AvgIpc) is 2.67. The van der Waals surface area contributed by atoms with Crippen LogP contribution in [0.25, 0.3) is 0 Å². The third-order valence-electron chi connectivity index (χ3n) is 4.53. The lowest BCUT2D eigenvalue weighted by atomic mass is 10.1. The van der Waals surface area contributed by atoms with Gasteiger partial charge >= 0.3 is 0 Å². The Bertz CT molecular complexity index is 946. The second kappa shape index (κ2) is 8.10. The lowest BCUT2D eigenvalue weighted by Crippen LogP contribution is -2.48. The number of rotatable bonds is 6. The predicted molar refractivity (Wildman–Crippen MR) is 107 cm³/mol. The van der Waals surface area contributed by atoms with Gasteiger partial charge in [-0.25, -0.2) is 8.42 Å². The Hall–Kier alpha value is -2.74. The van der Waals surface area contributed by atoms with E-state index in [-0.39, 0.29) is 6.04 Å². The van der Waals surface area contributed by atoms with Gasteiger partial charge in [0.05, 0.1) is 18.0 Å². The van der Waals surface area contributed by atoms with Crippen molar-refractivity contribution in [3.63, 3.8) is 0 Å². The molecule has 2 atom stereocenters. The van der Waals surface area contributed by atoms with Crippen molar-refractivity contribution >= 4 is 21.6 Å². The fraction of sp³-hybridized carbons (Fsp3) is 0.350. The van der Waals surface area contributed by atoms with E-state index in [2.05, 4.69) is 5.32 Å². The van der Waals surface area contributed by atoms with Crippen molar-refractivity contribution < 1.29 is 22.7 Å². The summed E-state index contributed by atoms with van der Waals surface area (Å²) in [5, 5.41) is 2.88. The molecule has 28 heavy (non-hydrogen) atoms. The Morgan fingerprint density at radius 2 is 1.68 bits per heavy atom. The standard InChI is InChI=1S/C20H24N2O5S/c1-14(16-7-5-4-6-8-16)21-20(23)15(2)22(28(3,24)25)17-9-10-18-19(13-17)27-12-11-26-18/h4-10,13-15H,11-12H2,1-3H3,(H,21,23)/t14-,15+/m0/s1. The zero-order valence-corrected chi connectivity index (χ0v) is 16.9. The van der Waals surface area contributed by atoms with Gasteiger partial charge in [-0.1, -0.05) is 30.3 Å². The minimum Gasteiger partial charge on any atom is -0.486 e. The highest BCUT2D eigenvalue weighted by Gasteiger charge is 2.31. The number of benzene rings is 2. The van der Waals surface area contributed by atoms with E-state index >= 15 is 0 Å². The molecule has 0 aromatic heterocycles. The van der Waals surface area contributed by atoms with E-state index < -0.39 is 22.0 Å². The number of fused-ring (bicyclic) bond motifs is 1. The van der Waals surface area contributed by atoms with Gasteiger partial charge in [0.25, 0.3) is 0 Å². The number of carbonyl (C=O) groups is 1. The quantitative estimate of drug-likeness (QED) is 0.800. The van der Waals surface area contributed by atoms with E-state index in [0.717, 1.165) is 16.1 Å². The van der Waals surface area contributed by atoms with Gasteiger partial charge < -0.3 is 14.8 Å². The molecule has 1 amide bonds. The Morgan fingerprint density at radius 3 is 2.32 bits per heavy atom. The minimum absolute atomic E-state index is 0.252. The van der Waals surface area contributed by atoms with E-state index in [1.54, 1.807) is 25.1 Å². The Kier molecular flexibility index (Phi) is 5.79. The van der Waals surface area contributed by atoms with E-state index in [0.29, 0.717) is 30.4 Å². The Morgan fingerprint density at radius 1 is 1.04 bits per heavy atom. The number of sulfonamides is 1. The summed E-state index contributed by atoms with van der Waals surface area (Å²) in [4.78, 5) is 12.8. The molecule has 150 valence electrons. The molecule has 8 heteroatoms. The molecule has 0 saturated heterocycles. The van der Waals surface area contributed by atoms with Crippen LogP contribution in [0.2, 0.25) is 0 Å². The number of amides is 1. The van der Waals surface area contributed by atoms with Crippen LogP contribution in [-0.2, 0) is 14.8 Å². The smallest absolute Gasteiger partial charge is 0.244 e. The lowest BCUT2D eigenvalue weighted by molar-refractivity contribution is -0.122. The first-order valence-electron chi connectivity index (χ1n) is 9.02. The third kappa shape index (κ3) is 4.39. The maximum absolute atomic E-state index is 12.8. The highest BCUT2D eigenvalue weighted by atomic mass is 32.2. The fourth-order valence-electron chi connectivity index (χ4n) is 3.14. The molecule has 1 heterocycles. The van der Waals surface area contributed by atoms with Crippen LogP contribution in [-0.4, -0.2) is 39.8 Å². The van der Waals surface area contributed by atoms with Crippen molar-refractivity contribution in [1.82, 2.24) is 5.32 Å². The van der Waals surface area contributed by atoms with Gasteiger partial charge in [-0.15, -0.1) is 0 Å². The number of nitrogens with one attached hydrogen (secondary N) is 1.